The molecule has 0 aliphatic rings. The molecule has 0 amide bonds. The number of para-hydroxylation sites is 1. The molecule has 21 heavy (non-hydrogen) atoms. The summed E-state index contributed by atoms with van der Waals surface area (Å²) in [5.41, 5.74) is 7.80. The molecule has 2 aromatic carbocycles. The molecule has 0 fully saturated rings. The van der Waals surface area contributed by atoms with Crippen LogP contribution in [0.15, 0.2) is 42.5 Å². The van der Waals surface area contributed by atoms with Gasteiger partial charge in [-0.05, 0) is 43.0 Å². The van der Waals surface area contributed by atoms with Gasteiger partial charge in [0.15, 0.2) is 11.6 Å². The maximum Gasteiger partial charge on any atom is 0.167 e. The third kappa shape index (κ3) is 3.61. The number of ether oxygens (including phenoxy) is 1. The van der Waals surface area contributed by atoms with Crippen molar-refractivity contribution in [1.82, 2.24) is 0 Å². The maximum absolute atomic E-state index is 14.0. The average molecular weight is 287 g/mol. The van der Waals surface area contributed by atoms with E-state index in [2.05, 4.69) is 13.8 Å². The molecule has 0 spiro atoms. The Morgan fingerprint density at radius 1 is 1.10 bits per heavy atom. The third-order valence-electron chi connectivity index (χ3n) is 3.77. The second-order valence-electron chi connectivity index (χ2n) is 5.43. The molecule has 0 saturated heterocycles. The Labute approximate surface area is 125 Å². The van der Waals surface area contributed by atoms with Gasteiger partial charge in [0.25, 0.3) is 0 Å². The van der Waals surface area contributed by atoms with Crippen molar-refractivity contribution in [2.45, 2.75) is 39.2 Å². The number of hydrogen-bond acceptors (Lipinski definition) is 2. The molecule has 1 unspecified atom stereocenters. The molecule has 2 atom stereocenters. The van der Waals surface area contributed by atoms with E-state index in [1.165, 1.54) is 11.6 Å². The highest BCUT2D eigenvalue weighted by Crippen LogP contribution is 2.32. The highest BCUT2D eigenvalue weighted by molar-refractivity contribution is 5.41. The first-order valence-electron chi connectivity index (χ1n) is 7.34. The van der Waals surface area contributed by atoms with E-state index in [1.54, 1.807) is 12.1 Å². The van der Waals surface area contributed by atoms with E-state index in [0.29, 0.717) is 17.2 Å². The Kier molecular flexibility index (Phi) is 4.97. The SMILES string of the molecule is CCC(C)c1ccc(Oc2c(F)cccc2[C@H](C)N)cc1. The Balaban J connectivity index is 2.26. The molecule has 112 valence electrons. The first-order chi connectivity index (χ1) is 10.0. The predicted molar refractivity (Wildman–Crippen MR) is 84.2 cm³/mol. The van der Waals surface area contributed by atoms with Crippen molar-refractivity contribution in [3.05, 3.63) is 59.4 Å². The molecule has 2 nitrogen and oxygen atoms in total. The third-order valence-corrected chi connectivity index (χ3v) is 3.77. The van der Waals surface area contributed by atoms with Crippen molar-refractivity contribution >= 4 is 0 Å². The zero-order chi connectivity index (χ0) is 15.4. The van der Waals surface area contributed by atoms with Crippen LogP contribution in [0, 0.1) is 5.82 Å². The fourth-order valence-electron chi connectivity index (χ4n) is 2.21. The standard InChI is InChI=1S/C18H22FNO/c1-4-12(2)14-8-10-15(11-9-14)21-18-16(13(3)20)6-5-7-17(18)19/h5-13H,4,20H2,1-3H3/t12?,13-/m0/s1. The summed E-state index contributed by atoms with van der Waals surface area (Å²) in [4.78, 5) is 0. The maximum atomic E-state index is 14.0. The highest BCUT2D eigenvalue weighted by atomic mass is 19.1. The van der Waals surface area contributed by atoms with Crippen LogP contribution in [-0.2, 0) is 0 Å². The fraction of sp³-hybridized carbons (Fsp3) is 0.333. The monoisotopic (exact) mass is 287 g/mol. The first-order valence-corrected chi connectivity index (χ1v) is 7.34. The highest BCUT2D eigenvalue weighted by Gasteiger charge is 2.14. The van der Waals surface area contributed by atoms with Crippen LogP contribution < -0.4 is 10.5 Å². The summed E-state index contributed by atoms with van der Waals surface area (Å²) in [7, 11) is 0. The molecular formula is C18H22FNO. The summed E-state index contributed by atoms with van der Waals surface area (Å²) in [5, 5.41) is 0. The van der Waals surface area contributed by atoms with Crippen molar-refractivity contribution in [2.75, 3.05) is 0 Å². The number of halogens is 1. The van der Waals surface area contributed by atoms with Crippen LogP contribution in [0.1, 0.15) is 50.3 Å². The quantitative estimate of drug-likeness (QED) is 0.825. The summed E-state index contributed by atoms with van der Waals surface area (Å²) < 4.78 is 19.7. The van der Waals surface area contributed by atoms with Gasteiger partial charge in [-0.2, -0.15) is 0 Å². The van der Waals surface area contributed by atoms with Gasteiger partial charge in [-0.25, -0.2) is 4.39 Å². The largest absolute Gasteiger partial charge is 0.454 e. The Morgan fingerprint density at radius 3 is 2.33 bits per heavy atom. The zero-order valence-corrected chi connectivity index (χ0v) is 12.8. The molecule has 2 N–H and O–H groups in total. The topological polar surface area (TPSA) is 35.2 Å². The molecule has 0 aliphatic heterocycles. The summed E-state index contributed by atoms with van der Waals surface area (Å²) in [6.07, 6.45) is 1.09. The second kappa shape index (κ2) is 6.72. The number of rotatable bonds is 5. The molecule has 2 rings (SSSR count). The lowest BCUT2D eigenvalue weighted by molar-refractivity contribution is 0.432. The Morgan fingerprint density at radius 2 is 1.76 bits per heavy atom. The van der Waals surface area contributed by atoms with Gasteiger partial charge >= 0.3 is 0 Å². The van der Waals surface area contributed by atoms with Gasteiger partial charge in [0.05, 0.1) is 0 Å². The van der Waals surface area contributed by atoms with Crippen molar-refractivity contribution in [1.29, 1.82) is 0 Å². The van der Waals surface area contributed by atoms with Gasteiger partial charge < -0.3 is 10.5 Å². The minimum absolute atomic E-state index is 0.212. The number of nitrogens with two attached hydrogens (primary N) is 1. The smallest absolute Gasteiger partial charge is 0.167 e. The van der Waals surface area contributed by atoms with Crippen LogP contribution in [0.3, 0.4) is 0 Å². The van der Waals surface area contributed by atoms with E-state index in [9.17, 15) is 4.39 Å². The minimum atomic E-state index is -0.393. The van der Waals surface area contributed by atoms with E-state index in [0.717, 1.165) is 6.42 Å². The van der Waals surface area contributed by atoms with Crippen molar-refractivity contribution in [3.8, 4) is 11.5 Å². The van der Waals surface area contributed by atoms with E-state index in [-0.39, 0.29) is 11.8 Å². The van der Waals surface area contributed by atoms with Gasteiger partial charge in [-0.3, -0.25) is 0 Å². The Bertz CT molecular complexity index is 593. The van der Waals surface area contributed by atoms with Crippen LogP contribution in [0.25, 0.3) is 0 Å². The summed E-state index contributed by atoms with van der Waals surface area (Å²) in [5.74, 6) is 0.945. The average Bonchev–Trinajstić information content (AvgIpc) is 2.49. The summed E-state index contributed by atoms with van der Waals surface area (Å²) in [6, 6.07) is 12.3. The van der Waals surface area contributed by atoms with Crippen LogP contribution in [0.2, 0.25) is 0 Å². The minimum Gasteiger partial charge on any atom is -0.454 e. The van der Waals surface area contributed by atoms with E-state index < -0.39 is 5.82 Å². The molecule has 0 aromatic heterocycles. The number of benzene rings is 2. The van der Waals surface area contributed by atoms with E-state index in [4.69, 9.17) is 10.5 Å². The normalized spacial score (nSPS) is 13.8. The lowest BCUT2D eigenvalue weighted by Gasteiger charge is -2.15. The van der Waals surface area contributed by atoms with Gasteiger partial charge in [-0.1, -0.05) is 38.1 Å². The molecular weight excluding hydrogens is 265 g/mol. The lowest BCUT2D eigenvalue weighted by Crippen LogP contribution is -2.07. The predicted octanol–water partition coefficient (Wildman–Crippen LogP) is 5.15. The fourth-order valence-corrected chi connectivity index (χ4v) is 2.21. The van der Waals surface area contributed by atoms with Crippen molar-refractivity contribution < 1.29 is 9.13 Å². The van der Waals surface area contributed by atoms with Crippen LogP contribution in [0.5, 0.6) is 11.5 Å². The number of hydrogen-bond donors (Lipinski definition) is 1. The van der Waals surface area contributed by atoms with Crippen LogP contribution >= 0.6 is 0 Å². The summed E-state index contributed by atoms with van der Waals surface area (Å²) >= 11 is 0. The molecule has 0 radical (unpaired) electrons. The lowest BCUT2D eigenvalue weighted by atomic mass is 9.99. The molecule has 0 bridgehead atoms. The van der Waals surface area contributed by atoms with Crippen molar-refractivity contribution in [3.63, 3.8) is 0 Å². The molecule has 0 heterocycles. The van der Waals surface area contributed by atoms with Crippen molar-refractivity contribution in [2.24, 2.45) is 5.73 Å². The molecule has 0 aliphatic carbocycles. The second-order valence-corrected chi connectivity index (χ2v) is 5.43. The molecule has 2 aromatic rings. The van der Waals surface area contributed by atoms with Gasteiger partial charge in [0.1, 0.15) is 5.75 Å². The summed E-state index contributed by atoms with van der Waals surface area (Å²) in [6.45, 7) is 6.15. The zero-order valence-electron chi connectivity index (χ0n) is 12.8. The van der Waals surface area contributed by atoms with Gasteiger partial charge in [0.2, 0.25) is 0 Å². The van der Waals surface area contributed by atoms with Gasteiger partial charge in [0, 0.05) is 11.6 Å². The molecule has 0 saturated carbocycles. The van der Waals surface area contributed by atoms with Gasteiger partial charge in [-0.15, -0.1) is 0 Å². The first kappa shape index (κ1) is 15.5. The van der Waals surface area contributed by atoms with Crippen LogP contribution in [-0.4, -0.2) is 0 Å². The van der Waals surface area contributed by atoms with Crippen LogP contribution in [0.4, 0.5) is 4.39 Å². The Hall–Kier alpha value is -1.87. The molecule has 3 heteroatoms. The van der Waals surface area contributed by atoms with E-state index in [1.807, 2.05) is 31.2 Å². The van der Waals surface area contributed by atoms with E-state index >= 15 is 0 Å².